The molecule has 2 aromatic rings. The molecule has 1 aromatic heterocycles. The van der Waals surface area contributed by atoms with Crippen molar-refractivity contribution in [2.24, 2.45) is 0 Å². The van der Waals surface area contributed by atoms with E-state index in [4.69, 9.17) is 9.57 Å². The Labute approximate surface area is 120 Å². The van der Waals surface area contributed by atoms with E-state index in [0.29, 0.717) is 22.7 Å². The van der Waals surface area contributed by atoms with E-state index in [2.05, 4.69) is 10.4 Å². The van der Waals surface area contributed by atoms with E-state index in [1.807, 2.05) is 6.92 Å². The van der Waals surface area contributed by atoms with Crippen LogP contribution in [-0.4, -0.2) is 51.6 Å². The highest BCUT2D eigenvalue weighted by molar-refractivity contribution is 5.74. The van der Waals surface area contributed by atoms with Crippen LogP contribution in [0.5, 0.6) is 5.75 Å². The quantitative estimate of drug-likeness (QED) is 0.594. The zero-order valence-electron chi connectivity index (χ0n) is 11.9. The van der Waals surface area contributed by atoms with Crippen molar-refractivity contribution in [3.63, 3.8) is 0 Å². The van der Waals surface area contributed by atoms with Gasteiger partial charge < -0.3 is 4.74 Å². The smallest absolute Gasteiger partial charge is 0.377 e. The van der Waals surface area contributed by atoms with Crippen molar-refractivity contribution in [1.82, 2.24) is 24.9 Å². The van der Waals surface area contributed by atoms with Crippen molar-refractivity contribution >= 4 is 6.03 Å². The van der Waals surface area contributed by atoms with Gasteiger partial charge in [-0.1, -0.05) is 12.1 Å². The molecule has 0 aliphatic carbocycles. The number of tetrazole rings is 1. The molecular formula is C12H15N5O4. The molecule has 0 radical (unpaired) electrons. The summed E-state index contributed by atoms with van der Waals surface area (Å²) in [7, 11) is 2.67. The molecule has 0 fully saturated rings. The van der Waals surface area contributed by atoms with Crippen LogP contribution in [0.25, 0.3) is 5.69 Å². The normalized spacial score (nSPS) is 10.4. The molecule has 0 saturated carbocycles. The Hall–Kier alpha value is -2.68. The molecule has 0 spiro atoms. The average Bonchev–Trinajstić information content (AvgIpc) is 2.88. The van der Waals surface area contributed by atoms with Gasteiger partial charge >= 0.3 is 11.7 Å². The largest absolute Gasteiger partial charge is 0.492 e. The Morgan fingerprint density at radius 2 is 2.05 bits per heavy atom. The molecule has 0 bridgehead atoms. The first-order valence-electron chi connectivity index (χ1n) is 6.19. The Bertz CT molecular complexity index is 693. The fourth-order valence-corrected chi connectivity index (χ4v) is 1.64. The van der Waals surface area contributed by atoms with E-state index in [1.165, 1.54) is 14.2 Å². The van der Waals surface area contributed by atoms with E-state index >= 15 is 0 Å². The van der Waals surface area contributed by atoms with Gasteiger partial charge in [0.1, 0.15) is 11.4 Å². The SMILES string of the molecule is CCOc1ccccc1-n1nnn(C(=O)N(C)OC)c1=O. The monoisotopic (exact) mass is 293 g/mol. The zero-order valence-corrected chi connectivity index (χ0v) is 11.9. The van der Waals surface area contributed by atoms with Crippen LogP contribution < -0.4 is 10.4 Å². The van der Waals surface area contributed by atoms with E-state index < -0.39 is 11.7 Å². The lowest BCUT2D eigenvalue weighted by atomic mass is 10.3. The second kappa shape index (κ2) is 6.18. The Morgan fingerprint density at radius 1 is 1.33 bits per heavy atom. The Morgan fingerprint density at radius 3 is 2.71 bits per heavy atom. The predicted molar refractivity (Wildman–Crippen MR) is 72.4 cm³/mol. The fourth-order valence-electron chi connectivity index (χ4n) is 1.64. The van der Waals surface area contributed by atoms with Gasteiger partial charge in [0.15, 0.2) is 0 Å². The lowest BCUT2D eigenvalue weighted by molar-refractivity contribution is -0.0656. The van der Waals surface area contributed by atoms with Gasteiger partial charge in [-0.3, -0.25) is 4.84 Å². The third-order valence-electron chi connectivity index (χ3n) is 2.70. The lowest BCUT2D eigenvalue weighted by Crippen LogP contribution is -2.38. The van der Waals surface area contributed by atoms with Gasteiger partial charge in [-0.25, -0.2) is 14.7 Å². The summed E-state index contributed by atoms with van der Waals surface area (Å²) in [5.74, 6) is 0.474. The molecule has 1 amide bonds. The molecule has 0 atom stereocenters. The van der Waals surface area contributed by atoms with Crippen LogP contribution in [0.1, 0.15) is 6.92 Å². The second-order valence-electron chi connectivity index (χ2n) is 3.95. The number of para-hydroxylation sites is 2. The topological polar surface area (TPSA) is 91.5 Å². The van der Waals surface area contributed by atoms with Crippen molar-refractivity contribution in [3.05, 3.63) is 34.7 Å². The maximum absolute atomic E-state index is 12.2. The number of carbonyl (C=O) groups is 1. The maximum atomic E-state index is 12.2. The molecular weight excluding hydrogens is 278 g/mol. The third-order valence-corrected chi connectivity index (χ3v) is 2.70. The van der Waals surface area contributed by atoms with Crippen molar-refractivity contribution in [2.45, 2.75) is 6.92 Å². The Kier molecular flexibility index (Phi) is 4.33. The van der Waals surface area contributed by atoms with Crippen LogP contribution in [0, 0.1) is 0 Å². The van der Waals surface area contributed by atoms with Crippen LogP contribution in [0.2, 0.25) is 0 Å². The second-order valence-corrected chi connectivity index (χ2v) is 3.95. The summed E-state index contributed by atoms with van der Waals surface area (Å²) < 4.78 is 7.02. The minimum Gasteiger partial charge on any atom is -0.492 e. The molecule has 21 heavy (non-hydrogen) atoms. The molecule has 2 rings (SSSR count). The number of hydrogen-bond acceptors (Lipinski definition) is 6. The van der Waals surface area contributed by atoms with Gasteiger partial charge in [-0.05, 0) is 29.5 Å². The average molecular weight is 293 g/mol. The minimum atomic E-state index is -0.748. The van der Waals surface area contributed by atoms with E-state index in [-0.39, 0.29) is 0 Å². The summed E-state index contributed by atoms with van der Waals surface area (Å²) in [6.07, 6.45) is 0. The molecule has 1 heterocycles. The van der Waals surface area contributed by atoms with Gasteiger partial charge in [0.05, 0.1) is 13.7 Å². The highest BCUT2D eigenvalue weighted by Gasteiger charge is 2.20. The number of nitrogens with zero attached hydrogens (tertiary/aromatic N) is 5. The fraction of sp³-hybridized carbons (Fsp3) is 0.333. The molecule has 9 nitrogen and oxygen atoms in total. The van der Waals surface area contributed by atoms with Gasteiger partial charge in [-0.2, -0.15) is 4.68 Å². The minimum absolute atomic E-state index is 0.406. The third kappa shape index (κ3) is 2.77. The van der Waals surface area contributed by atoms with Gasteiger partial charge in [0, 0.05) is 7.05 Å². The molecule has 0 N–H and O–H groups in total. The van der Waals surface area contributed by atoms with Crippen molar-refractivity contribution in [1.29, 1.82) is 0 Å². The molecule has 0 saturated heterocycles. The summed E-state index contributed by atoms with van der Waals surface area (Å²) in [5.41, 5.74) is -0.306. The van der Waals surface area contributed by atoms with Crippen LogP contribution in [0.3, 0.4) is 0 Å². The molecule has 9 heteroatoms. The van der Waals surface area contributed by atoms with Crippen LogP contribution in [0.4, 0.5) is 4.79 Å². The number of amides is 1. The number of benzene rings is 1. The van der Waals surface area contributed by atoms with Crippen LogP contribution in [-0.2, 0) is 4.84 Å². The number of ether oxygens (including phenoxy) is 1. The molecule has 112 valence electrons. The lowest BCUT2D eigenvalue weighted by Gasteiger charge is -2.11. The summed E-state index contributed by atoms with van der Waals surface area (Å²) >= 11 is 0. The maximum Gasteiger partial charge on any atom is 0.377 e. The van der Waals surface area contributed by atoms with Gasteiger partial charge in [0.25, 0.3) is 0 Å². The number of carbonyl (C=O) groups excluding carboxylic acids is 1. The summed E-state index contributed by atoms with van der Waals surface area (Å²) in [6.45, 7) is 2.26. The number of rotatable bonds is 4. The van der Waals surface area contributed by atoms with Crippen molar-refractivity contribution < 1.29 is 14.4 Å². The predicted octanol–water partition coefficient (Wildman–Crippen LogP) is 0.289. The van der Waals surface area contributed by atoms with Crippen molar-refractivity contribution in [2.75, 3.05) is 20.8 Å². The van der Waals surface area contributed by atoms with E-state index in [0.717, 1.165) is 9.75 Å². The molecule has 0 unspecified atom stereocenters. The number of hydroxylamine groups is 2. The first-order valence-corrected chi connectivity index (χ1v) is 6.19. The van der Waals surface area contributed by atoms with E-state index in [1.54, 1.807) is 24.3 Å². The molecule has 1 aromatic carbocycles. The van der Waals surface area contributed by atoms with Crippen molar-refractivity contribution in [3.8, 4) is 11.4 Å². The zero-order chi connectivity index (χ0) is 15.4. The van der Waals surface area contributed by atoms with Crippen LogP contribution >= 0.6 is 0 Å². The summed E-state index contributed by atoms with van der Waals surface area (Å²) in [5, 5.41) is 8.12. The first-order chi connectivity index (χ1) is 10.1. The molecule has 0 aliphatic rings. The highest BCUT2D eigenvalue weighted by Crippen LogP contribution is 2.19. The standard InChI is InChI=1S/C12H15N5O4/c1-4-21-10-8-6-5-7-9(10)16-12(19)17(14-13-16)11(18)15(2)20-3/h5-8H,4H2,1-3H3. The van der Waals surface area contributed by atoms with Gasteiger partial charge in [-0.15, -0.1) is 4.68 Å². The van der Waals surface area contributed by atoms with Gasteiger partial charge in [0.2, 0.25) is 0 Å². The Balaban J connectivity index is 2.46. The summed E-state index contributed by atoms with van der Waals surface area (Å²) in [4.78, 5) is 28.8. The number of aromatic nitrogens is 4. The highest BCUT2D eigenvalue weighted by atomic mass is 16.7. The number of hydrogen-bond donors (Lipinski definition) is 0. The van der Waals surface area contributed by atoms with E-state index in [9.17, 15) is 9.59 Å². The van der Waals surface area contributed by atoms with Crippen LogP contribution in [0.15, 0.2) is 29.1 Å². The molecule has 0 aliphatic heterocycles. The summed E-state index contributed by atoms with van der Waals surface area (Å²) in [6, 6.07) is 6.10. The first kappa shape index (κ1) is 14.7.